The van der Waals surface area contributed by atoms with Crippen LogP contribution < -0.4 is 14.8 Å². The molecule has 0 fully saturated rings. The van der Waals surface area contributed by atoms with E-state index < -0.39 is 0 Å². The fraction of sp³-hybridized carbons (Fsp3) is 0.0952. The third-order valence-corrected chi connectivity index (χ3v) is 4.20. The number of anilines is 1. The highest BCUT2D eigenvalue weighted by molar-refractivity contribution is 6.30. The quantitative estimate of drug-likeness (QED) is 0.667. The van der Waals surface area contributed by atoms with Crippen LogP contribution >= 0.6 is 11.6 Å². The van der Waals surface area contributed by atoms with Gasteiger partial charge in [-0.05, 0) is 60.2 Å². The van der Waals surface area contributed by atoms with Gasteiger partial charge in [0.15, 0.2) is 0 Å². The van der Waals surface area contributed by atoms with Gasteiger partial charge >= 0.3 is 0 Å². The maximum atomic E-state index is 12.6. The first-order chi connectivity index (χ1) is 12.6. The summed E-state index contributed by atoms with van der Waals surface area (Å²) < 4.78 is 10.7. The maximum absolute atomic E-state index is 12.6. The van der Waals surface area contributed by atoms with Crippen molar-refractivity contribution in [3.05, 3.63) is 77.3 Å². The highest BCUT2D eigenvalue weighted by atomic mass is 35.5. The van der Waals surface area contributed by atoms with Gasteiger partial charge in [0.1, 0.15) is 11.5 Å². The number of ether oxygens (including phenoxy) is 2. The summed E-state index contributed by atoms with van der Waals surface area (Å²) in [6, 6.07) is 19.9. The highest BCUT2D eigenvalue weighted by Crippen LogP contribution is 2.33. The van der Waals surface area contributed by atoms with Gasteiger partial charge in [0.05, 0.1) is 14.2 Å². The molecule has 1 N–H and O–H groups in total. The van der Waals surface area contributed by atoms with Gasteiger partial charge < -0.3 is 14.8 Å². The van der Waals surface area contributed by atoms with Gasteiger partial charge in [0.2, 0.25) is 0 Å². The van der Waals surface area contributed by atoms with Crippen LogP contribution in [0.25, 0.3) is 11.1 Å². The van der Waals surface area contributed by atoms with Gasteiger partial charge in [0, 0.05) is 21.8 Å². The van der Waals surface area contributed by atoms with Crippen molar-refractivity contribution in [1.82, 2.24) is 0 Å². The van der Waals surface area contributed by atoms with Crippen molar-refractivity contribution in [2.45, 2.75) is 0 Å². The Hall–Kier alpha value is -2.98. The van der Waals surface area contributed by atoms with E-state index in [-0.39, 0.29) is 5.91 Å². The molecule has 0 heterocycles. The van der Waals surface area contributed by atoms with Crippen molar-refractivity contribution >= 4 is 23.2 Å². The summed E-state index contributed by atoms with van der Waals surface area (Å²) in [4.78, 5) is 12.6. The molecule has 0 atom stereocenters. The van der Waals surface area contributed by atoms with Crippen LogP contribution in [0, 0.1) is 0 Å². The van der Waals surface area contributed by atoms with Crippen LogP contribution in [0.5, 0.6) is 11.5 Å². The van der Waals surface area contributed by atoms with Gasteiger partial charge in [-0.1, -0.05) is 23.7 Å². The molecule has 0 saturated heterocycles. The fourth-order valence-corrected chi connectivity index (χ4v) is 2.73. The monoisotopic (exact) mass is 367 g/mol. The van der Waals surface area contributed by atoms with Crippen LogP contribution in [0.1, 0.15) is 10.4 Å². The molecule has 26 heavy (non-hydrogen) atoms. The molecule has 0 radical (unpaired) electrons. The van der Waals surface area contributed by atoms with Gasteiger partial charge in [-0.15, -0.1) is 0 Å². The minimum absolute atomic E-state index is 0.209. The summed E-state index contributed by atoms with van der Waals surface area (Å²) in [5.41, 5.74) is 2.93. The molecule has 3 aromatic carbocycles. The molecule has 1 amide bonds. The minimum atomic E-state index is -0.209. The molecule has 0 aliphatic heterocycles. The molecule has 0 spiro atoms. The van der Waals surface area contributed by atoms with Crippen molar-refractivity contribution in [3.63, 3.8) is 0 Å². The van der Waals surface area contributed by atoms with Crippen LogP contribution in [-0.2, 0) is 0 Å². The summed E-state index contributed by atoms with van der Waals surface area (Å²) in [5.74, 6) is 1.21. The molecule has 0 saturated carbocycles. The number of amides is 1. The molecule has 132 valence electrons. The van der Waals surface area contributed by atoms with Crippen LogP contribution in [0.2, 0.25) is 5.02 Å². The highest BCUT2D eigenvalue weighted by Gasteiger charge is 2.13. The number of carbonyl (C=O) groups is 1. The van der Waals surface area contributed by atoms with Crippen molar-refractivity contribution in [2.24, 2.45) is 0 Å². The van der Waals surface area contributed by atoms with E-state index in [0.717, 1.165) is 16.9 Å². The van der Waals surface area contributed by atoms with Crippen molar-refractivity contribution < 1.29 is 14.3 Å². The number of nitrogens with one attached hydrogen (secondary N) is 1. The SMILES string of the molecule is COc1cccc(-c2cc(C(=O)Nc3ccc(Cl)cc3)ccc2OC)c1. The summed E-state index contributed by atoms with van der Waals surface area (Å²) in [6.45, 7) is 0. The Balaban J connectivity index is 1.93. The number of methoxy groups -OCH3 is 2. The average Bonchev–Trinajstić information content (AvgIpc) is 2.69. The molecule has 4 nitrogen and oxygen atoms in total. The number of rotatable bonds is 5. The summed E-state index contributed by atoms with van der Waals surface area (Å²) in [7, 11) is 3.22. The van der Waals surface area contributed by atoms with Gasteiger partial charge in [-0.3, -0.25) is 4.79 Å². The van der Waals surface area contributed by atoms with E-state index in [9.17, 15) is 4.79 Å². The molecular formula is C21H18ClNO3. The summed E-state index contributed by atoms with van der Waals surface area (Å²) >= 11 is 5.88. The Kier molecular flexibility index (Phi) is 5.44. The lowest BCUT2D eigenvalue weighted by atomic mass is 10.0. The van der Waals surface area contributed by atoms with Crippen LogP contribution in [0.4, 0.5) is 5.69 Å². The molecule has 0 bridgehead atoms. The molecule has 0 aliphatic rings. The first kappa shape index (κ1) is 17.8. The second-order valence-electron chi connectivity index (χ2n) is 5.61. The second-order valence-corrected chi connectivity index (χ2v) is 6.04. The number of hydrogen-bond donors (Lipinski definition) is 1. The van der Waals surface area contributed by atoms with Crippen molar-refractivity contribution in [3.8, 4) is 22.6 Å². The Morgan fingerprint density at radius 1 is 0.923 bits per heavy atom. The van der Waals surface area contributed by atoms with Gasteiger partial charge in [-0.25, -0.2) is 0 Å². The largest absolute Gasteiger partial charge is 0.497 e. The average molecular weight is 368 g/mol. The number of hydrogen-bond acceptors (Lipinski definition) is 3. The standard InChI is InChI=1S/C21H18ClNO3/c1-25-18-5-3-4-14(12-18)19-13-15(6-11-20(19)26-2)21(24)23-17-9-7-16(22)8-10-17/h3-13H,1-2H3,(H,23,24). The van der Waals surface area contributed by atoms with Crippen molar-refractivity contribution in [1.29, 1.82) is 0 Å². The predicted octanol–water partition coefficient (Wildman–Crippen LogP) is 5.28. The third kappa shape index (κ3) is 3.98. The second kappa shape index (κ2) is 7.93. The van der Waals surface area contributed by atoms with E-state index >= 15 is 0 Å². The Morgan fingerprint density at radius 2 is 1.69 bits per heavy atom. The topological polar surface area (TPSA) is 47.6 Å². The summed E-state index contributed by atoms with van der Waals surface area (Å²) in [5, 5.41) is 3.48. The third-order valence-electron chi connectivity index (χ3n) is 3.94. The first-order valence-electron chi connectivity index (χ1n) is 8.00. The molecular weight excluding hydrogens is 350 g/mol. The minimum Gasteiger partial charge on any atom is -0.497 e. The van der Waals surface area contributed by atoms with Gasteiger partial charge in [-0.2, -0.15) is 0 Å². The zero-order chi connectivity index (χ0) is 18.5. The smallest absolute Gasteiger partial charge is 0.255 e. The number of halogens is 1. The zero-order valence-corrected chi connectivity index (χ0v) is 15.2. The lowest BCUT2D eigenvalue weighted by molar-refractivity contribution is 0.102. The zero-order valence-electron chi connectivity index (χ0n) is 14.5. The number of carbonyl (C=O) groups excluding carboxylic acids is 1. The molecule has 0 aromatic heterocycles. The van der Waals surface area contributed by atoms with E-state index in [0.29, 0.717) is 22.0 Å². The Morgan fingerprint density at radius 3 is 2.38 bits per heavy atom. The molecule has 3 aromatic rings. The van der Waals surface area contributed by atoms with Gasteiger partial charge in [0.25, 0.3) is 5.91 Å². The summed E-state index contributed by atoms with van der Waals surface area (Å²) in [6.07, 6.45) is 0. The predicted molar refractivity (Wildman–Crippen MR) is 104 cm³/mol. The molecule has 0 aliphatic carbocycles. The Bertz CT molecular complexity index is 923. The number of benzene rings is 3. The Labute approximate surface area is 157 Å². The molecule has 5 heteroatoms. The van der Waals surface area contributed by atoms with E-state index in [1.807, 2.05) is 24.3 Å². The van der Waals surface area contributed by atoms with E-state index in [1.165, 1.54) is 0 Å². The normalized spacial score (nSPS) is 10.3. The lowest BCUT2D eigenvalue weighted by Gasteiger charge is -2.12. The fourth-order valence-electron chi connectivity index (χ4n) is 2.60. The van der Waals surface area contributed by atoms with Crippen LogP contribution in [-0.4, -0.2) is 20.1 Å². The lowest BCUT2D eigenvalue weighted by Crippen LogP contribution is -2.12. The first-order valence-corrected chi connectivity index (χ1v) is 8.38. The maximum Gasteiger partial charge on any atom is 0.255 e. The van der Waals surface area contributed by atoms with Crippen LogP contribution in [0.3, 0.4) is 0 Å². The van der Waals surface area contributed by atoms with E-state index in [4.69, 9.17) is 21.1 Å². The van der Waals surface area contributed by atoms with Crippen molar-refractivity contribution in [2.75, 3.05) is 19.5 Å². The van der Waals surface area contributed by atoms with Crippen LogP contribution in [0.15, 0.2) is 66.7 Å². The molecule has 0 unspecified atom stereocenters. The van der Waals surface area contributed by atoms with E-state index in [1.54, 1.807) is 56.7 Å². The molecule has 3 rings (SSSR count). The van der Waals surface area contributed by atoms with E-state index in [2.05, 4.69) is 5.32 Å².